The number of hydrogen-bond acceptors (Lipinski definition) is 4. The van der Waals surface area contributed by atoms with Crippen LogP contribution in [0.25, 0.3) is 0 Å². The Morgan fingerprint density at radius 1 is 1.21 bits per heavy atom. The molecule has 0 unspecified atom stereocenters. The highest BCUT2D eigenvalue weighted by Gasteiger charge is 2.32. The average molecular weight is 400 g/mol. The normalized spacial score (nSPS) is 15.8. The highest BCUT2D eigenvalue weighted by molar-refractivity contribution is 7.13. The third kappa shape index (κ3) is 5.19. The van der Waals surface area contributed by atoms with Crippen LogP contribution in [0.5, 0.6) is 0 Å². The van der Waals surface area contributed by atoms with Gasteiger partial charge in [-0.1, -0.05) is 56.5 Å². The summed E-state index contributed by atoms with van der Waals surface area (Å²) >= 11 is 1.41. The molecule has 1 heterocycles. The van der Waals surface area contributed by atoms with Crippen LogP contribution >= 0.6 is 11.3 Å². The first-order chi connectivity index (χ1) is 13.6. The van der Waals surface area contributed by atoms with Gasteiger partial charge in [0.1, 0.15) is 6.54 Å². The van der Waals surface area contributed by atoms with E-state index in [-0.39, 0.29) is 30.3 Å². The van der Waals surface area contributed by atoms with Crippen LogP contribution in [0.1, 0.15) is 62.6 Å². The second-order valence-electron chi connectivity index (χ2n) is 7.47. The predicted octanol–water partition coefficient (Wildman–Crippen LogP) is 4.75. The molecule has 2 amide bonds. The molecule has 150 valence electrons. The lowest BCUT2D eigenvalue weighted by Crippen LogP contribution is -2.47. The van der Waals surface area contributed by atoms with Crippen LogP contribution in [0.2, 0.25) is 0 Å². The van der Waals surface area contributed by atoms with Gasteiger partial charge in [-0.25, -0.2) is 4.98 Å². The Balaban J connectivity index is 1.77. The fourth-order valence-electron chi connectivity index (χ4n) is 3.94. The lowest BCUT2D eigenvalue weighted by Gasteiger charge is -2.36. The van der Waals surface area contributed by atoms with Crippen molar-refractivity contribution in [2.24, 2.45) is 0 Å². The summed E-state index contributed by atoms with van der Waals surface area (Å²) in [6.45, 7) is 4.02. The maximum atomic E-state index is 13.5. The van der Waals surface area contributed by atoms with Crippen LogP contribution in [-0.4, -0.2) is 34.3 Å². The zero-order valence-corrected chi connectivity index (χ0v) is 17.5. The molecule has 3 rings (SSSR count). The molecule has 1 aliphatic rings. The topological polar surface area (TPSA) is 62.3 Å². The molecule has 0 spiro atoms. The van der Waals surface area contributed by atoms with Crippen LogP contribution in [-0.2, 0) is 9.59 Å². The van der Waals surface area contributed by atoms with Gasteiger partial charge in [0.2, 0.25) is 11.8 Å². The minimum Gasteiger partial charge on any atom is -0.330 e. The first kappa shape index (κ1) is 20.5. The van der Waals surface area contributed by atoms with Gasteiger partial charge in [0, 0.05) is 11.4 Å². The fourth-order valence-corrected chi connectivity index (χ4v) is 4.65. The maximum absolute atomic E-state index is 13.5. The molecule has 0 radical (unpaired) electrons. The number of aromatic nitrogens is 1. The van der Waals surface area contributed by atoms with Crippen LogP contribution in [0.15, 0.2) is 35.7 Å². The Bertz CT molecular complexity index is 784. The molecule has 1 aromatic carbocycles. The van der Waals surface area contributed by atoms with E-state index < -0.39 is 0 Å². The molecule has 0 saturated heterocycles. The molecular weight excluding hydrogens is 370 g/mol. The largest absolute Gasteiger partial charge is 0.330 e. The van der Waals surface area contributed by atoms with Crippen LogP contribution in [0, 0.1) is 6.92 Å². The molecule has 5 nitrogen and oxygen atoms in total. The summed E-state index contributed by atoms with van der Waals surface area (Å²) in [6, 6.07) is 10.0. The van der Waals surface area contributed by atoms with Crippen LogP contribution in [0.3, 0.4) is 0 Å². The van der Waals surface area contributed by atoms with Crippen molar-refractivity contribution in [1.29, 1.82) is 0 Å². The van der Waals surface area contributed by atoms with E-state index in [9.17, 15) is 9.59 Å². The van der Waals surface area contributed by atoms with Crippen LogP contribution < -0.4 is 5.32 Å². The molecule has 1 atom stereocenters. The summed E-state index contributed by atoms with van der Waals surface area (Å²) in [4.78, 5) is 32.3. The SMILES string of the molecule is CC[C@H](C(=O)N(CC(=O)Nc1nc(C)cs1)C1CCCCC1)c1ccccc1. The van der Waals surface area contributed by atoms with Crippen molar-refractivity contribution < 1.29 is 9.59 Å². The molecule has 0 bridgehead atoms. The summed E-state index contributed by atoms with van der Waals surface area (Å²) < 4.78 is 0. The van der Waals surface area contributed by atoms with Gasteiger partial charge in [0.15, 0.2) is 5.13 Å². The number of rotatable bonds is 7. The Labute approximate surface area is 171 Å². The van der Waals surface area contributed by atoms with E-state index in [2.05, 4.69) is 10.3 Å². The minimum atomic E-state index is -0.210. The van der Waals surface area contributed by atoms with Crippen molar-refractivity contribution in [3.05, 3.63) is 47.0 Å². The summed E-state index contributed by atoms with van der Waals surface area (Å²) in [5, 5.41) is 5.35. The summed E-state index contributed by atoms with van der Waals surface area (Å²) in [5.41, 5.74) is 1.91. The van der Waals surface area contributed by atoms with Gasteiger partial charge in [0.05, 0.1) is 11.6 Å². The van der Waals surface area contributed by atoms with Crippen molar-refractivity contribution >= 4 is 28.3 Å². The van der Waals surface area contributed by atoms with Gasteiger partial charge in [-0.05, 0) is 31.7 Å². The molecule has 2 aromatic rings. The number of carbonyl (C=O) groups excluding carboxylic acids is 2. The summed E-state index contributed by atoms with van der Waals surface area (Å²) in [6.07, 6.45) is 6.10. The third-order valence-corrected chi connectivity index (χ3v) is 6.26. The van der Waals surface area contributed by atoms with Gasteiger partial charge in [0.25, 0.3) is 0 Å². The molecule has 1 aliphatic carbocycles. The summed E-state index contributed by atoms with van der Waals surface area (Å²) in [5.74, 6) is -0.319. The molecule has 6 heteroatoms. The van der Waals surface area contributed by atoms with Gasteiger partial charge >= 0.3 is 0 Å². The zero-order valence-electron chi connectivity index (χ0n) is 16.7. The highest BCUT2D eigenvalue weighted by atomic mass is 32.1. The third-order valence-electron chi connectivity index (χ3n) is 5.39. The Morgan fingerprint density at radius 2 is 1.93 bits per heavy atom. The van der Waals surface area contributed by atoms with Crippen molar-refractivity contribution in [1.82, 2.24) is 9.88 Å². The van der Waals surface area contributed by atoms with E-state index in [1.54, 1.807) is 0 Å². The second kappa shape index (κ2) is 9.82. The zero-order chi connectivity index (χ0) is 19.9. The Hall–Kier alpha value is -2.21. The van der Waals surface area contributed by atoms with Gasteiger partial charge in [-0.3, -0.25) is 9.59 Å². The number of hydrogen-bond donors (Lipinski definition) is 1. The molecular formula is C22H29N3O2S. The molecule has 1 N–H and O–H groups in total. The predicted molar refractivity (Wildman–Crippen MR) is 114 cm³/mol. The van der Waals surface area contributed by atoms with E-state index in [0.717, 1.165) is 43.4 Å². The van der Waals surface area contributed by atoms with Gasteiger partial charge in [-0.2, -0.15) is 0 Å². The summed E-state index contributed by atoms with van der Waals surface area (Å²) in [7, 11) is 0. The maximum Gasteiger partial charge on any atom is 0.245 e. The number of nitrogens with zero attached hydrogens (tertiary/aromatic N) is 2. The first-order valence-electron chi connectivity index (χ1n) is 10.2. The van der Waals surface area contributed by atoms with Crippen molar-refractivity contribution in [3.8, 4) is 0 Å². The molecule has 0 aliphatic heterocycles. The quantitative estimate of drug-likeness (QED) is 0.731. The lowest BCUT2D eigenvalue weighted by atomic mass is 9.90. The average Bonchev–Trinajstić information content (AvgIpc) is 3.12. The monoisotopic (exact) mass is 399 g/mol. The minimum absolute atomic E-state index is 0.0612. The second-order valence-corrected chi connectivity index (χ2v) is 8.33. The molecule has 28 heavy (non-hydrogen) atoms. The smallest absolute Gasteiger partial charge is 0.245 e. The number of amides is 2. The van der Waals surface area contributed by atoms with Crippen molar-refractivity contribution in [2.75, 3.05) is 11.9 Å². The first-order valence-corrected chi connectivity index (χ1v) is 11.0. The van der Waals surface area contributed by atoms with E-state index in [1.165, 1.54) is 17.8 Å². The number of benzene rings is 1. The van der Waals surface area contributed by atoms with Gasteiger partial charge < -0.3 is 10.2 Å². The standard InChI is InChI=1S/C22H29N3O2S/c1-3-19(17-10-6-4-7-11-17)21(27)25(18-12-8-5-9-13-18)14-20(26)24-22-23-16(2)15-28-22/h4,6-7,10-11,15,18-19H,3,5,8-9,12-14H2,1-2H3,(H,23,24,26)/t19-/m0/s1. The molecule has 1 saturated carbocycles. The molecule has 1 aromatic heterocycles. The number of thiazole rings is 1. The number of carbonyl (C=O) groups is 2. The molecule has 1 fully saturated rings. The highest BCUT2D eigenvalue weighted by Crippen LogP contribution is 2.28. The van der Waals surface area contributed by atoms with Crippen molar-refractivity contribution in [3.63, 3.8) is 0 Å². The van der Waals surface area contributed by atoms with Crippen LogP contribution in [0.4, 0.5) is 5.13 Å². The van der Waals surface area contributed by atoms with Crippen molar-refractivity contribution in [2.45, 2.75) is 64.3 Å². The van der Waals surface area contributed by atoms with E-state index >= 15 is 0 Å². The lowest BCUT2D eigenvalue weighted by molar-refractivity contribution is -0.139. The number of aryl methyl sites for hydroxylation is 1. The van der Waals surface area contributed by atoms with E-state index in [0.29, 0.717) is 5.13 Å². The van der Waals surface area contributed by atoms with E-state index in [4.69, 9.17) is 0 Å². The van der Waals surface area contributed by atoms with E-state index in [1.807, 2.05) is 54.5 Å². The Morgan fingerprint density at radius 3 is 2.54 bits per heavy atom. The Kier molecular flexibility index (Phi) is 7.20. The number of nitrogens with one attached hydrogen (secondary N) is 1. The van der Waals surface area contributed by atoms with Gasteiger partial charge in [-0.15, -0.1) is 11.3 Å². The fraction of sp³-hybridized carbons (Fsp3) is 0.500. The number of anilines is 1.